The summed E-state index contributed by atoms with van der Waals surface area (Å²) in [5.74, 6) is -6.77. The van der Waals surface area contributed by atoms with Crippen LogP contribution in [0.5, 0.6) is 0 Å². The highest BCUT2D eigenvalue weighted by Crippen LogP contribution is 2.77. The Morgan fingerprint density at radius 3 is 1.82 bits per heavy atom. The van der Waals surface area contributed by atoms with Crippen molar-refractivity contribution in [1.82, 2.24) is 10.0 Å². The van der Waals surface area contributed by atoms with Crippen molar-refractivity contribution < 1.29 is 19.2 Å². The molecule has 0 unspecified atom stereocenters. The molecule has 6 nitrogen and oxygen atoms in total. The van der Waals surface area contributed by atoms with E-state index in [0.29, 0.717) is 10.0 Å². The Morgan fingerprint density at radius 1 is 0.769 bits per heavy atom. The normalized spacial score (nSPS) is 28.8. The first-order valence-electron chi connectivity index (χ1n) is 10.9. The third kappa shape index (κ3) is 3.83. The molecule has 0 N–H and O–H groups in total. The molecule has 4 atom stereocenters. The molecular formula is C24H11Cl9N2O4. The second-order valence-corrected chi connectivity index (χ2v) is 13.5. The van der Waals surface area contributed by atoms with Gasteiger partial charge in [0.15, 0.2) is 10.1 Å². The van der Waals surface area contributed by atoms with Crippen LogP contribution in [0.3, 0.4) is 0 Å². The Kier molecular flexibility index (Phi) is 7.45. The summed E-state index contributed by atoms with van der Waals surface area (Å²) in [5.41, 5.74) is -0.123. The van der Waals surface area contributed by atoms with Gasteiger partial charge in [0.2, 0.25) is 0 Å². The number of hydrogen-bond acceptors (Lipinski definition) is 4. The molecule has 15 heteroatoms. The molecular weight excluding hydrogens is 699 g/mol. The molecule has 1 saturated carbocycles. The van der Waals surface area contributed by atoms with E-state index in [1.165, 1.54) is 36.4 Å². The predicted molar refractivity (Wildman–Crippen MR) is 152 cm³/mol. The first-order chi connectivity index (χ1) is 18.1. The lowest BCUT2D eigenvalue weighted by molar-refractivity contribution is -0.154. The standard InChI is InChI=1S/C24H11Cl9N2O4/c25-9-5-6-10(13(27)7-9)14(36)8-34(19(37)11-3-1-2-4-12(11)26)35-20(38)15-16(21(35)39)23(31)18(29)17(28)22(15,30)24(23,32)33/h1-7,15-16H,8H2/t15-,16+,22-,23-/m1/s1. The molecule has 1 aliphatic heterocycles. The van der Waals surface area contributed by atoms with Gasteiger partial charge in [0.05, 0.1) is 37.5 Å². The van der Waals surface area contributed by atoms with Crippen molar-refractivity contribution in [2.45, 2.75) is 14.1 Å². The minimum Gasteiger partial charge on any atom is -0.292 e. The smallest absolute Gasteiger partial charge is 0.274 e. The Labute approximate surface area is 266 Å². The lowest BCUT2D eigenvalue weighted by atomic mass is 9.84. The van der Waals surface area contributed by atoms with E-state index < -0.39 is 56.0 Å². The van der Waals surface area contributed by atoms with Gasteiger partial charge in [-0.05, 0) is 30.3 Å². The van der Waals surface area contributed by atoms with Crippen molar-refractivity contribution in [3.05, 3.63) is 78.7 Å². The number of halogens is 9. The van der Waals surface area contributed by atoms with E-state index in [1.807, 2.05) is 0 Å². The van der Waals surface area contributed by atoms with Gasteiger partial charge < -0.3 is 0 Å². The number of rotatable bonds is 5. The highest BCUT2D eigenvalue weighted by atomic mass is 35.5. The average Bonchev–Trinajstić information content (AvgIpc) is 3.25. The zero-order valence-corrected chi connectivity index (χ0v) is 25.6. The lowest BCUT2D eigenvalue weighted by Gasteiger charge is -2.36. The molecule has 0 radical (unpaired) electrons. The van der Waals surface area contributed by atoms with Gasteiger partial charge in [-0.1, -0.05) is 93.3 Å². The number of fused-ring (bicyclic) bond motifs is 5. The lowest BCUT2D eigenvalue weighted by Crippen LogP contribution is -2.56. The summed E-state index contributed by atoms with van der Waals surface area (Å²) in [6.45, 7) is -0.811. The maximum Gasteiger partial charge on any atom is 0.274 e. The van der Waals surface area contributed by atoms with Crippen LogP contribution >= 0.6 is 104 Å². The minimum absolute atomic E-state index is 0.000232. The van der Waals surface area contributed by atoms with Crippen LogP contribution in [0.2, 0.25) is 15.1 Å². The van der Waals surface area contributed by atoms with Crippen molar-refractivity contribution in [3.63, 3.8) is 0 Å². The van der Waals surface area contributed by atoms with Crippen LogP contribution < -0.4 is 0 Å². The van der Waals surface area contributed by atoms with E-state index in [1.54, 1.807) is 6.07 Å². The van der Waals surface area contributed by atoms with Crippen molar-refractivity contribution in [2.75, 3.05) is 6.54 Å². The van der Waals surface area contributed by atoms with E-state index >= 15 is 0 Å². The first kappa shape index (κ1) is 29.6. The van der Waals surface area contributed by atoms with Crippen molar-refractivity contribution in [3.8, 4) is 0 Å². The molecule has 0 aromatic heterocycles. The summed E-state index contributed by atoms with van der Waals surface area (Å²) >= 11 is 57.7. The Balaban J connectivity index is 1.62. The van der Waals surface area contributed by atoms with Gasteiger partial charge in [0.25, 0.3) is 17.7 Å². The van der Waals surface area contributed by atoms with Crippen molar-refractivity contribution in [1.29, 1.82) is 0 Å². The molecule has 2 fully saturated rings. The van der Waals surface area contributed by atoms with Crippen LogP contribution in [-0.4, -0.2) is 54.1 Å². The minimum atomic E-state index is -2.17. The second kappa shape index (κ2) is 9.82. The van der Waals surface area contributed by atoms with E-state index in [2.05, 4.69) is 0 Å². The number of carbonyl (C=O) groups is 4. The zero-order chi connectivity index (χ0) is 28.8. The number of nitrogens with zero attached hydrogens (tertiary/aromatic N) is 2. The average molecular weight is 710 g/mol. The fourth-order valence-electron chi connectivity index (χ4n) is 5.16. The Hall–Kier alpha value is -0.930. The zero-order valence-electron chi connectivity index (χ0n) is 18.8. The molecule has 3 amide bonds. The summed E-state index contributed by atoms with van der Waals surface area (Å²) in [7, 11) is 0. The van der Waals surface area contributed by atoms with Gasteiger partial charge in [-0.25, -0.2) is 5.01 Å². The maximum absolute atomic E-state index is 13.9. The fraction of sp³-hybridized carbons (Fsp3) is 0.250. The SMILES string of the molecule is O=C(CN(C(=O)c1ccccc1Cl)N1C(=O)[C@@H]2[C@H](C1=O)[C@@]1(Cl)C(Cl)=C(Cl)[C@@]2(Cl)C1(Cl)Cl)c1ccc(Cl)cc1Cl. The molecule has 2 aliphatic carbocycles. The molecule has 1 saturated heterocycles. The largest absolute Gasteiger partial charge is 0.292 e. The summed E-state index contributed by atoms with van der Waals surface area (Å²) in [6, 6.07) is 9.95. The molecule has 39 heavy (non-hydrogen) atoms. The van der Waals surface area contributed by atoms with E-state index in [4.69, 9.17) is 104 Å². The first-order valence-corrected chi connectivity index (χ1v) is 14.3. The highest BCUT2D eigenvalue weighted by Gasteiger charge is 2.88. The van der Waals surface area contributed by atoms with Gasteiger partial charge >= 0.3 is 0 Å². The predicted octanol–water partition coefficient (Wildman–Crippen LogP) is 7.33. The molecule has 204 valence electrons. The molecule has 1 heterocycles. The Bertz CT molecular complexity index is 1480. The number of carbonyl (C=O) groups excluding carboxylic acids is 4. The fourth-order valence-corrected chi connectivity index (χ4v) is 8.82. The third-order valence-electron chi connectivity index (χ3n) is 6.99. The van der Waals surface area contributed by atoms with Crippen molar-refractivity contribution >= 4 is 128 Å². The number of hydrazine groups is 1. The number of allylic oxidation sites excluding steroid dienone is 2. The summed E-state index contributed by atoms with van der Waals surface area (Å²) in [5, 5.41) is 0.775. The second-order valence-electron chi connectivity index (χ2n) is 8.96. The molecule has 3 aliphatic rings. The highest BCUT2D eigenvalue weighted by molar-refractivity contribution is 6.67. The van der Waals surface area contributed by atoms with Gasteiger partial charge in [-0.2, -0.15) is 5.01 Å². The molecule has 0 spiro atoms. The number of Topliss-reactive ketones (excluding diaryl/α,β-unsaturated/α-hetero) is 1. The number of hydrogen-bond donors (Lipinski definition) is 0. The van der Waals surface area contributed by atoms with Crippen LogP contribution in [0.15, 0.2) is 52.5 Å². The van der Waals surface area contributed by atoms with E-state index in [9.17, 15) is 19.2 Å². The number of benzene rings is 2. The summed E-state index contributed by atoms with van der Waals surface area (Å²) in [6.07, 6.45) is 0. The maximum atomic E-state index is 13.9. The van der Waals surface area contributed by atoms with Crippen LogP contribution in [-0.2, 0) is 9.59 Å². The van der Waals surface area contributed by atoms with E-state index in [0.717, 1.165) is 0 Å². The van der Waals surface area contributed by atoms with Gasteiger partial charge in [0.1, 0.15) is 16.3 Å². The summed E-state index contributed by atoms with van der Waals surface area (Å²) < 4.78 is -2.17. The monoisotopic (exact) mass is 706 g/mol. The van der Waals surface area contributed by atoms with E-state index in [-0.39, 0.29) is 36.3 Å². The van der Waals surface area contributed by atoms with Crippen LogP contribution in [0.1, 0.15) is 20.7 Å². The Morgan fingerprint density at radius 2 is 1.31 bits per heavy atom. The van der Waals surface area contributed by atoms with Crippen LogP contribution in [0.4, 0.5) is 0 Å². The topological polar surface area (TPSA) is 74.8 Å². The molecule has 2 aromatic rings. The van der Waals surface area contributed by atoms with Gasteiger partial charge in [0, 0.05) is 10.6 Å². The van der Waals surface area contributed by atoms with Gasteiger partial charge in [-0.15, -0.1) is 23.2 Å². The quantitative estimate of drug-likeness (QED) is 0.185. The van der Waals surface area contributed by atoms with Crippen LogP contribution in [0, 0.1) is 11.8 Å². The number of amides is 3. The number of alkyl halides is 4. The number of imide groups is 1. The van der Waals surface area contributed by atoms with Crippen molar-refractivity contribution in [2.24, 2.45) is 11.8 Å². The summed E-state index contributed by atoms with van der Waals surface area (Å²) in [4.78, 5) is 50.7. The molecule has 2 bridgehead atoms. The number of ketones is 1. The van der Waals surface area contributed by atoms with Crippen LogP contribution in [0.25, 0.3) is 0 Å². The molecule has 5 rings (SSSR count). The molecule has 2 aromatic carbocycles. The third-order valence-corrected chi connectivity index (χ3v) is 12.1. The van der Waals surface area contributed by atoms with Gasteiger partial charge in [-0.3, -0.25) is 19.2 Å².